The van der Waals surface area contributed by atoms with E-state index in [-0.39, 0.29) is 12.3 Å². The molecule has 0 aliphatic heterocycles. The lowest BCUT2D eigenvalue weighted by molar-refractivity contribution is -0.137. The first-order chi connectivity index (χ1) is 15.5. The second-order valence-electron chi connectivity index (χ2n) is 7.06. The number of aromatic nitrogens is 1. The van der Waals surface area contributed by atoms with Crippen LogP contribution < -0.4 is 10.0 Å². The fourth-order valence-corrected chi connectivity index (χ4v) is 4.93. The molecule has 0 radical (unpaired) electrons. The van der Waals surface area contributed by atoms with Crippen molar-refractivity contribution in [1.29, 1.82) is 0 Å². The molecule has 0 unspecified atom stereocenters. The van der Waals surface area contributed by atoms with Crippen LogP contribution in [-0.2, 0) is 22.0 Å². The van der Waals surface area contributed by atoms with Crippen LogP contribution in [0.2, 0.25) is 0 Å². The molecule has 6 nitrogen and oxygen atoms in total. The van der Waals surface area contributed by atoms with Gasteiger partial charge in [0.2, 0.25) is 10.0 Å². The summed E-state index contributed by atoms with van der Waals surface area (Å²) in [6.07, 6.45) is -2.98. The molecule has 0 aliphatic rings. The number of amides is 1. The van der Waals surface area contributed by atoms with Crippen LogP contribution in [0.15, 0.2) is 61.2 Å². The van der Waals surface area contributed by atoms with Crippen LogP contribution in [-0.4, -0.2) is 25.9 Å². The smallest absolute Gasteiger partial charge is 0.321 e. The van der Waals surface area contributed by atoms with Crippen LogP contribution in [0.3, 0.4) is 0 Å². The van der Waals surface area contributed by atoms with E-state index in [0.29, 0.717) is 32.4 Å². The first kappa shape index (κ1) is 24.6. The minimum Gasteiger partial charge on any atom is -0.321 e. The number of alkyl halides is 3. The minimum atomic E-state index is -4.43. The molecule has 174 valence electrons. The summed E-state index contributed by atoms with van der Waals surface area (Å²) in [6.45, 7) is 5.24. The Bertz CT molecular complexity index is 1250. The number of anilines is 1. The molecule has 33 heavy (non-hydrogen) atoms. The summed E-state index contributed by atoms with van der Waals surface area (Å²) in [7, 11) is -3.49. The number of nitrogens with zero attached hydrogens (tertiary/aromatic N) is 1. The van der Waals surface area contributed by atoms with Crippen molar-refractivity contribution < 1.29 is 26.4 Å². The maximum absolute atomic E-state index is 12.8. The van der Waals surface area contributed by atoms with Gasteiger partial charge in [-0.25, -0.2) is 18.1 Å². The van der Waals surface area contributed by atoms with Crippen LogP contribution in [0.25, 0.3) is 10.6 Å². The van der Waals surface area contributed by atoms with Crippen molar-refractivity contribution in [3.05, 3.63) is 82.9 Å². The van der Waals surface area contributed by atoms with E-state index in [1.165, 1.54) is 18.2 Å². The number of carbonyl (C=O) groups is 1. The molecule has 2 aromatic carbocycles. The molecule has 1 heterocycles. The maximum atomic E-state index is 12.8. The number of sulfonamides is 1. The van der Waals surface area contributed by atoms with Crippen molar-refractivity contribution in [3.63, 3.8) is 0 Å². The van der Waals surface area contributed by atoms with Gasteiger partial charge >= 0.3 is 6.18 Å². The predicted molar refractivity (Wildman–Crippen MR) is 123 cm³/mol. The summed E-state index contributed by atoms with van der Waals surface area (Å²) in [5, 5.41) is 3.15. The lowest BCUT2D eigenvalue weighted by Gasteiger charge is -2.07. The van der Waals surface area contributed by atoms with E-state index in [1.807, 2.05) is 0 Å². The molecule has 11 heteroatoms. The monoisotopic (exact) mass is 495 g/mol. The lowest BCUT2D eigenvalue weighted by Crippen LogP contribution is -2.25. The minimum absolute atomic E-state index is 0.138. The molecule has 0 saturated heterocycles. The first-order valence-electron chi connectivity index (χ1n) is 9.62. The Balaban J connectivity index is 1.70. The SMILES string of the molecule is C=CCNS(=O)(=O)Cc1ccc(NC(=O)c2sc(-c3ccc(C(F)(F)F)cc3)nc2C)cc1. The van der Waals surface area contributed by atoms with Crippen molar-refractivity contribution in [3.8, 4) is 10.6 Å². The van der Waals surface area contributed by atoms with Crippen molar-refractivity contribution in [2.24, 2.45) is 0 Å². The summed E-state index contributed by atoms with van der Waals surface area (Å²) in [4.78, 5) is 17.3. The van der Waals surface area contributed by atoms with E-state index in [1.54, 1.807) is 31.2 Å². The fraction of sp³-hybridized carbons (Fsp3) is 0.182. The van der Waals surface area contributed by atoms with E-state index < -0.39 is 27.7 Å². The average Bonchev–Trinajstić information content (AvgIpc) is 3.15. The first-order valence-corrected chi connectivity index (χ1v) is 12.1. The van der Waals surface area contributed by atoms with E-state index >= 15 is 0 Å². The second kappa shape index (κ2) is 9.86. The van der Waals surface area contributed by atoms with Gasteiger partial charge in [-0.3, -0.25) is 4.79 Å². The molecule has 3 aromatic rings. The molecule has 0 spiro atoms. The highest BCUT2D eigenvalue weighted by atomic mass is 32.2. The normalized spacial score (nSPS) is 11.9. The van der Waals surface area contributed by atoms with Gasteiger partial charge in [0.1, 0.15) is 9.88 Å². The number of benzene rings is 2. The molecule has 3 rings (SSSR count). The molecule has 1 amide bonds. The Kier molecular flexibility index (Phi) is 7.35. The van der Waals surface area contributed by atoms with Gasteiger partial charge in [-0.1, -0.05) is 30.3 Å². The highest BCUT2D eigenvalue weighted by Gasteiger charge is 2.30. The number of halogens is 3. The van der Waals surface area contributed by atoms with E-state index in [0.717, 1.165) is 23.5 Å². The molecule has 0 atom stereocenters. The van der Waals surface area contributed by atoms with Gasteiger partial charge in [-0.15, -0.1) is 17.9 Å². The average molecular weight is 496 g/mol. The van der Waals surface area contributed by atoms with Crippen molar-refractivity contribution >= 4 is 33.0 Å². The predicted octanol–water partition coefficient (Wildman–Crippen LogP) is 5.00. The largest absolute Gasteiger partial charge is 0.416 e. The molecule has 0 aliphatic carbocycles. The summed E-state index contributed by atoms with van der Waals surface area (Å²) in [5.74, 6) is -0.629. The third-order valence-corrected chi connectivity index (χ3v) is 7.00. The van der Waals surface area contributed by atoms with E-state index in [2.05, 4.69) is 21.6 Å². The van der Waals surface area contributed by atoms with Crippen LogP contribution in [0.5, 0.6) is 0 Å². The topological polar surface area (TPSA) is 88.2 Å². The van der Waals surface area contributed by atoms with Crippen LogP contribution in [0, 0.1) is 6.92 Å². The quantitative estimate of drug-likeness (QED) is 0.431. The Hall–Kier alpha value is -3.02. The van der Waals surface area contributed by atoms with Gasteiger partial charge in [0.05, 0.1) is 17.0 Å². The van der Waals surface area contributed by atoms with Crippen LogP contribution in [0.1, 0.15) is 26.5 Å². The van der Waals surface area contributed by atoms with Gasteiger partial charge in [0, 0.05) is 17.8 Å². The highest BCUT2D eigenvalue weighted by Crippen LogP contribution is 2.33. The summed E-state index contributed by atoms with van der Waals surface area (Å²) in [6, 6.07) is 10.9. The molecular weight excluding hydrogens is 475 g/mol. The van der Waals surface area contributed by atoms with Crippen LogP contribution in [0.4, 0.5) is 18.9 Å². The Labute approximate surface area is 193 Å². The van der Waals surface area contributed by atoms with Crippen molar-refractivity contribution in [2.45, 2.75) is 18.9 Å². The van der Waals surface area contributed by atoms with Crippen LogP contribution >= 0.6 is 11.3 Å². The van der Waals surface area contributed by atoms with Gasteiger partial charge in [-0.05, 0) is 36.8 Å². The zero-order chi connectivity index (χ0) is 24.2. The maximum Gasteiger partial charge on any atom is 0.416 e. The Morgan fingerprint density at radius 1 is 1.12 bits per heavy atom. The van der Waals surface area contributed by atoms with Crippen molar-refractivity contribution in [2.75, 3.05) is 11.9 Å². The Morgan fingerprint density at radius 2 is 1.76 bits per heavy atom. The fourth-order valence-electron chi connectivity index (χ4n) is 2.86. The third-order valence-electron chi connectivity index (χ3n) is 4.48. The number of rotatable bonds is 8. The zero-order valence-electron chi connectivity index (χ0n) is 17.4. The second-order valence-corrected chi connectivity index (χ2v) is 9.86. The summed E-state index contributed by atoms with van der Waals surface area (Å²) >= 11 is 1.07. The van der Waals surface area contributed by atoms with Gasteiger partial charge in [0.15, 0.2) is 0 Å². The number of nitrogens with one attached hydrogen (secondary N) is 2. The lowest BCUT2D eigenvalue weighted by atomic mass is 10.1. The molecule has 0 fully saturated rings. The number of hydrogen-bond acceptors (Lipinski definition) is 5. The zero-order valence-corrected chi connectivity index (χ0v) is 19.1. The number of aryl methyl sites for hydroxylation is 1. The van der Waals surface area contributed by atoms with E-state index in [9.17, 15) is 26.4 Å². The van der Waals surface area contributed by atoms with E-state index in [4.69, 9.17) is 0 Å². The highest BCUT2D eigenvalue weighted by molar-refractivity contribution is 7.88. The third kappa shape index (κ3) is 6.50. The number of hydrogen-bond donors (Lipinski definition) is 2. The molecule has 1 aromatic heterocycles. The van der Waals surface area contributed by atoms with Crippen molar-refractivity contribution in [1.82, 2.24) is 9.71 Å². The van der Waals surface area contributed by atoms with Gasteiger partial charge in [-0.2, -0.15) is 13.2 Å². The van der Waals surface area contributed by atoms with Gasteiger partial charge in [0.25, 0.3) is 5.91 Å². The summed E-state index contributed by atoms with van der Waals surface area (Å²) in [5.41, 5.74) is 1.17. The standard InChI is InChI=1S/C22H20F3N3O3S2/c1-3-12-26-33(30,31)13-15-4-10-18(11-5-15)28-20(29)19-14(2)27-21(32-19)16-6-8-17(9-7-16)22(23,24)25/h3-11,26H,1,12-13H2,2H3,(H,28,29). The molecule has 0 saturated carbocycles. The molecule has 0 bridgehead atoms. The number of thiazole rings is 1. The Morgan fingerprint density at radius 3 is 2.33 bits per heavy atom. The van der Waals surface area contributed by atoms with Gasteiger partial charge < -0.3 is 5.32 Å². The molecular formula is C22H20F3N3O3S2. The molecule has 2 N–H and O–H groups in total. The summed E-state index contributed by atoms with van der Waals surface area (Å²) < 4.78 is 64.5. The number of carbonyl (C=O) groups excluding carboxylic acids is 1.